The van der Waals surface area contributed by atoms with Gasteiger partial charge in [0.25, 0.3) is 0 Å². The number of morpholine rings is 1. The van der Waals surface area contributed by atoms with Gasteiger partial charge in [-0.05, 0) is 19.1 Å². The largest absolute Gasteiger partial charge is 0.367 e. The van der Waals surface area contributed by atoms with Gasteiger partial charge in [0.1, 0.15) is 11.1 Å². The Bertz CT molecular complexity index is 611. The highest BCUT2D eigenvalue weighted by atomic mass is 32.1. The van der Waals surface area contributed by atoms with Crippen molar-refractivity contribution in [2.45, 2.75) is 19.6 Å². The molecule has 7 heteroatoms. The van der Waals surface area contributed by atoms with Crippen molar-refractivity contribution in [1.82, 2.24) is 19.8 Å². The number of hydrogen-bond acceptors (Lipinski definition) is 4. The van der Waals surface area contributed by atoms with Gasteiger partial charge in [0.05, 0.1) is 13.2 Å². The molecule has 0 aromatic carbocycles. The SMILES string of the molecule is Cc1csc(C2CN(C(=O)NCCn3cccc3)CCO2)n1. The van der Waals surface area contributed by atoms with E-state index in [9.17, 15) is 4.79 Å². The van der Waals surface area contributed by atoms with Crippen molar-refractivity contribution in [2.75, 3.05) is 26.2 Å². The Balaban J connectivity index is 1.49. The molecule has 0 saturated carbocycles. The normalized spacial score (nSPS) is 18.4. The lowest BCUT2D eigenvalue weighted by atomic mass is 10.3. The zero-order chi connectivity index (χ0) is 15.4. The van der Waals surface area contributed by atoms with Crippen LogP contribution in [0.15, 0.2) is 29.9 Å². The van der Waals surface area contributed by atoms with Gasteiger partial charge in [0.2, 0.25) is 0 Å². The first-order valence-electron chi connectivity index (χ1n) is 7.39. The molecule has 0 bridgehead atoms. The van der Waals surface area contributed by atoms with Crippen LogP contribution in [0, 0.1) is 6.92 Å². The van der Waals surface area contributed by atoms with Crippen molar-refractivity contribution in [1.29, 1.82) is 0 Å². The molecule has 3 heterocycles. The van der Waals surface area contributed by atoms with E-state index in [0.717, 1.165) is 17.2 Å². The molecule has 0 spiro atoms. The molecule has 1 unspecified atom stereocenters. The molecule has 22 heavy (non-hydrogen) atoms. The molecule has 1 N–H and O–H groups in total. The first-order valence-corrected chi connectivity index (χ1v) is 8.27. The van der Waals surface area contributed by atoms with Crippen LogP contribution in [0.4, 0.5) is 4.79 Å². The summed E-state index contributed by atoms with van der Waals surface area (Å²) in [4.78, 5) is 18.5. The minimum Gasteiger partial charge on any atom is -0.367 e. The van der Waals surface area contributed by atoms with E-state index in [0.29, 0.717) is 26.2 Å². The summed E-state index contributed by atoms with van der Waals surface area (Å²) in [5, 5.41) is 5.92. The Labute approximate surface area is 133 Å². The van der Waals surface area contributed by atoms with Crippen molar-refractivity contribution in [3.05, 3.63) is 40.6 Å². The molecule has 0 radical (unpaired) electrons. The van der Waals surface area contributed by atoms with Crippen LogP contribution in [-0.4, -0.2) is 46.7 Å². The van der Waals surface area contributed by atoms with Gasteiger partial charge in [0, 0.05) is 43.1 Å². The number of rotatable bonds is 4. The third kappa shape index (κ3) is 3.66. The summed E-state index contributed by atoms with van der Waals surface area (Å²) in [6, 6.07) is 3.92. The molecule has 1 fully saturated rings. The van der Waals surface area contributed by atoms with Crippen LogP contribution in [0.25, 0.3) is 0 Å². The number of nitrogens with one attached hydrogen (secondary N) is 1. The fourth-order valence-electron chi connectivity index (χ4n) is 2.43. The number of nitrogens with zero attached hydrogens (tertiary/aromatic N) is 3. The fourth-order valence-corrected chi connectivity index (χ4v) is 3.26. The number of carbonyl (C=O) groups is 1. The Hall–Kier alpha value is -1.86. The first-order chi connectivity index (χ1) is 10.7. The van der Waals surface area contributed by atoms with Crippen LogP contribution in [-0.2, 0) is 11.3 Å². The number of thiazole rings is 1. The van der Waals surface area contributed by atoms with E-state index >= 15 is 0 Å². The minimum absolute atomic E-state index is 0.0336. The maximum absolute atomic E-state index is 12.2. The highest BCUT2D eigenvalue weighted by molar-refractivity contribution is 7.09. The van der Waals surface area contributed by atoms with Crippen molar-refractivity contribution in [2.24, 2.45) is 0 Å². The molecule has 3 rings (SSSR count). The Morgan fingerprint density at radius 2 is 2.32 bits per heavy atom. The van der Waals surface area contributed by atoms with Gasteiger partial charge in [-0.15, -0.1) is 11.3 Å². The van der Waals surface area contributed by atoms with E-state index in [1.165, 1.54) is 0 Å². The summed E-state index contributed by atoms with van der Waals surface area (Å²) in [5.41, 5.74) is 0.997. The van der Waals surface area contributed by atoms with Gasteiger partial charge in [-0.2, -0.15) is 0 Å². The van der Waals surface area contributed by atoms with Crippen LogP contribution in [0.2, 0.25) is 0 Å². The Morgan fingerprint density at radius 3 is 3.05 bits per heavy atom. The molecular formula is C15H20N4O2S. The third-order valence-electron chi connectivity index (χ3n) is 3.58. The quantitative estimate of drug-likeness (QED) is 0.938. The van der Waals surface area contributed by atoms with Crippen LogP contribution < -0.4 is 5.32 Å². The smallest absolute Gasteiger partial charge is 0.317 e. The Kier molecular flexibility index (Phi) is 4.74. The van der Waals surface area contributed by atoms with Gasteiger partial charge < -0.3 is 19.5 Å². The molecule has 6 nitrogen and oxygen atoms in total. The second-order valence-corrected chi connectivity index (χ2v) is 6.18. The average Bonchev–Trinajstić information content (AvgIpc) is 3.19. The molecule has 1 aliphatic rings. The molecular weight excluding hydrogens is 300 g/mol. The number of carbonyl (C=O) groups excluding carboxylic acids is 1. The summed E-state index contributed by atoms with van der Waals surface area (Å²) in [5.74, 6) is 0. The van der Waals surface area contributed by atoms with Crippen LogP contribution in [0.5, 0.6) is 0 Å². The predicted octanol–water partition coefficient (Wildman–Crippen LogP) is 2.04. The molecule has 0 aliphatic carbocycles. The predicted molar refractivity (Wildman–Crippen MR) is 84.9 cm³/mol. The monoisotopic (exact) mass is 320 g/mol. The van der Waals surface area contributed by atoms with Gasteiger partial charge in [-0.25, -0.2) is 9.78 Å². The summed E-state index contributed by atoms with van der Waals surface area (Å²) < 4.78 is 7.79. The highest BCUT2D eigenvalue weighted by Gasteiger charge is 2.27. The van der Waals surface area contributed by atoms with Gasteiger partial charge in [0.15, 0.2) is 0 Å². The zero-order valence-corrected chi connectivity index (χ0v) is 13.4. The first kappa shape index (κ1) is 15.1. The van der Waals surface area contributed by atoms with Crippen molar-refractivity contribution < 1.29 is 9.53 Å². The number of ether oxygens (including phenoxy) is 1. The summed E-state index contributed by atoms with van der Waals surface area (Å²) in [7, 11) is 0. The lowest BCUT2D eigenvalue weighted by molar-refractivity contribution is -0.0155. The molecule has 2 amide bonds. The molecule has 118 valence electrons. The lowest BCUT2D eigenvalue weighted by Gasteiger charge is -2.32. The van der Waals surface area contributed by atoms with Crippen LogP contribution in [0.1, 0.15) is 16.8 Å². The molecule has 1 aliphatic heterocycles. The van der Waals surface area contributed by atoms with E-state index in [2.05, 4.69) is 10.3 Å². The van der Waals surface area contributed by atoms with Crippen molar-refractivity contribution in [3.63, 3.8) is 0 Å². The second-order valence-electron chi connectivity index (χ2n) is 5.29. The van der Waals surface area contributed by atoms with Crippen LogP contribution >= 0.6 is 11.3 Å². The van der Waals surface area contributed by atoms with E-state index in [-0.39, 0.29) is 12.1 Å². The van der Waals surface area contributed by atoms with E-state index < -0.39 is 0 Å². The summed E-state index contributed by atoms with van der Waals surface area (Å²) in [6.45, 7) is 5.09. The Morgan fingerprint density at radius 1 is 1.50 bits per heavy atom. The molecule has 2 aromatic rings. The number of urea groups is 1. The van der Waals surface area contributed by atoms with Gasteiger partial charge >= 0.3 is 6.03 Å². The lowest BCUT2D eigenvalue weighted by Crippen LogP contribution is -2.47. The summed E-state index contributed by atoms with van der Waals surface area (Å²) >= 11 is 1.59. The molecule has 2 aromatic heterocycles. The minimum atomic E-state index is -0.109. The maximum atomic E-state index is 12.2. The third-order valence-corrected chi connectivity index (χ3v) is 4.63. The standard InChI is InChI=1S/C15H20N4O2S/c1-12-11-22-14(17-12)13-10-19(8-9-21-13)15(20)16-4-7-18-5-2-3-6-18/h2-3,5-6,11,13H,4,7-10H2,1H3,(H,16,20). The van der Waals surface area contributed by atoms with E-state index in [1.807, 2.05) is 41.4 Å². The number of aromatic nitrogens is 2. The maximum Gasteiger partial charge on any atom is 0.317 e. The van der Waals surface area contributed by atoms with Gasteiger partial charge in [-0.3, -0.25) is 0 Å². The molecule has 1 atom stereocenters. The number of aryl methyl sites for hydroxylation is 1. The average molecular weight is 320 g/mol. The van der Waals surface area contributed by atoms with Crippen molar-refractivity contribution >= 4 is 17.4 Å². The van der Waals surface area contributed by atoms with Crippen LogP contribution in [0.3, 0.4) is 0 Å². The topological polar surface area (TPSA) is 59.4 Å². The van der Waals surface area contributed by atoms with E-state index in [1.54, 1.807) is 16.2 Å². The highest BCUT2D eigenvalue weighted by Crippen LogP contribution is 2.25. The van der Waals surface area contributed by atoms with Crippen molar-refractivity contribution in [3.8, 4) is 0 Å². The zero-order valence-electron chi connectivity index (χ0n) is 12.6. The fraction of sp³-hybridized carbons (Fsp3) is 0.467. The molecule has 1 saturated heterocycles. The number of amides is 2. The van der Waals surface area contributed by atoms with Gasteiger partial charge in [-0.1, -0.05) is 0 Å². The number of hydrogen-bond donors (Lipinski definition) is 1. The summed E-state index contributed by atoms with van der Waals surface area (Å²) in [6.07, 6.45) is 3.87. The van der Waals surface area contributed by atoms with E-state index in [4.69, 9.17) is 4.74 Å². The second kappa shape index (κ2) is 6.93.